The van der Waals surface area contributed by atoms with Crippen LogP contribution >= 0.6 is 0 Å². The minimum absolute atomic E-state index is 0.114. The SMILES string of the molecule is CC(C)(C)[C@H]1CCC(=O)/C(=C\O)C1. The molecule has 2 nitrogen and oxygen atoms in total. The molecule has 13 heavy (non-hydrogen) atoms. The Labute approximate surface area is 79.6 Å². The molecule has 1 N–H and O–H groups in total. The van der Waals surface area contributed by atoms with Gasteiger partial charge in [-0.3, -0.25) is 4.79 Å². The lowest BCUT2D eigenvalue weighted by atomic mass is 9.71. The summed E-state index contributed by atoms with van der Waals surface area (Å²) in [6.45, 7) is 6.55. The lowest BCUT2D eigenvalue weighted by Gasteiger charge is -2.33. The molecule has 1 aliphatic carbocycles. The van der Waals surface area contributed by atoms with E-state index < -0.39 is 0 Å². The Morgan fingerprint density at radius 1 is 1.46 bits per heavy atom. The molecule has 1 saturated carbocycles. The number of aliphatic hydroxyl groups is 1. The number of Topliss-reactive ketones (excluding diaryl/α,β-unsaturated/α-hetero) is 1. The van der Waals surface area contributed by atoms with E-state index in [1.165, 1.54) is 0 Å². The summed E-state index contributed by atoms with van der Waals surface area (Å²) in [5, 5.41) is 8.86. The van der Waals surface area contributed by atoms with E-state index in [-0.39, 0.29) is 11.2 Å². The second kappa shape index (κ2) is 3.52. The molecule has 0 bridgehead atoms. The molecule has 74 valence electrons. The van der Waals surface area contributed by atoms with Gasteiger partial charge in [-0.25, -0.2) is 0 Å². The largest absolute Gasteiger partial charge is 0.515 e. The summed E-state index contributed by atoms with van der Waals surface area (Å²) in [6, 6.07) is 0. The van der Waals surface area contributed by atoms with Crippen molar-refractivity contribution in [3.05, 3.63) is 11.8 Å². The van der Waals surface area contributed by atoms with Crippen molar-refractivity contribution in [3.63, 3.8) is 0 Å². The maximum absolute atomic E-state index is 11.3. The molecule has 1 fully saturated rings. The van der Waals surface area contributed by atoms with E-state index in [0.29, 0.717) is 17.9 Å². The molecule has 1 aliphatic rings. The van der Waals surface area contributed by atoms with Gasteiger partial charge in [0.25, 0.3) is 0 Å². The third-order valence-electron chi connectivity index (χ3n) is 2.92. The normalized spacial score (nSPS) is 28.1. The maximum atomic E-state index is 11.3. The number of allylic oxidation sites excluding steroid dienone is 1. The first-order valence-electron chi connectivity index (χ1n) is 4.81. The van der Waals surface area contributed by atoms with Crippen LogP contribution in [0.15, 0.2) is 11.8 Å². The van der Waals surface area contributed by atoms with E-state index in [9.17, 15) is 4.79 Å². The summed E-state index contributed by atoms with van der Waals surface area (Å²) in [6.07, 6.45) is 3.27. The lowest BCUT2D eigenvalue weighted by molar-refractivity contribution is -0.117. The molecule has 1 atom stereocenters. The van der Waals surface area contributed by atoms with Gasteiger partial charge in [-0.15, -0.1) is 0 Å². The van der Waals surface area contributed by atoms with E-state index in [1.54, 1.807) is 0 Å². The quantitative estimate of drug-likeness (QED) is 0.462. The van der Waals surface area contributed by atoms with Crippen LogP contribution in [0, 0.1) is 11.3 Å². The first kappa shape index (κ1) is 10.3. The van der Waals surface area contributed by atoms with Gasteiger partial charge < -0.3 is 5.11 Å². The standard InChI is InChI=1S/C11H18O2/c1-11(2,3)9-4-5-10(13)8(6-9)7-12/h7,9,12H,4-6H2,1-3H3/b8-7-/t9-/m0/s1. The average molecular weight is 182 g/mol. The Hall–Kier alpha value is -0.790. The minimum atomic E-state index is 0.114. The second-order valence-corrected chi connectivity index (χ2v) is 4.88. The summed E-state index contributed by atoms with van der Waals surface area (Å²) in [4.78, 5) is 11.3. The Kier molecular flexibility index (Phi) is 2.79. The molecule has 0 aromatic carbocycles. The van der Waals surface area contributed by atoms with Gasteiger partial charge in [-0.05, 0) is 24.2 Å². The zero-order valence-corrected chi connectivity index (χ0v) is 8.63. The van der Waals surface area contributed by atoms with Gasteiger partial charge in [-0.2, -0.15) is 0 Å². The fourth-order valence-electron chi connectivity index (χ4n) is 1.81. The highest BCUT2D eigenvalue weighted by Gasteiger charge is 2.31. The maximum Gasteiger partial charge on any atom is 0.161 e. The number of ketones is 1. The minimum Gasteiger partial charge on any atom is -0.515 e. The smallest absolute Gasteiger partial charge is 0.161 e. The first-order chi connectivity index (χ1) is 5.95. The molecule has 0 spiro atoms. The summed E-state index contributed by atoms with van der Waals surface area (Å²) >= 11 is 0. The number of hydrogen-bond acceptors (Lipinski definition) is 2. The molecule has 1 rings (SSSR count). The third-order valence-corrected chi connectivity index (χ3v) is 2.92. The van der Waals surface area contributed by atoms with E-state index in [0.717, 1.165) is 19.1 Å². The Bertz CT molecular complexity index is 233. The fraction of sp³-hybridized carbons (Fsp3) is 0.727. The van der Waals surface area contributed by atoms with Crippen molar-refractivity contribution in [1.82, 2.24) is 0 Å². The van der Waals surface area contributed by atoms with Crippen molar-refractivity contribution in [2.75, 3.05) is 0 Å². The number of rotatable bonds is 0. The van der Waals surface area contributed by atoms with Gasteiger partial charge in [-0.1, -0.05) is 20.8 Å². The lowest BCUT2D eigenvalue weighted by Crippen LogP contribution is -2.27. The van der Waals surface area contributed by atoms with E-state index in [2.05, 4.69) is 20.8 Å². The molecule has 0 aromatic heterocycles. The van der Waals surface area contributed by atoms with Gasteiger partial charge in [0.15, 0.2) is 5.78 Å². The van der Waals surface area contributed by atoms with Crippen LogP contribution in [0.2, 0.25) is 0 Å². The summed E-state index contributed by atoms with van der Waals surface area (Å²) in [5.74, 6) is 0.631. The fourth-order valence-corrected chi connectivity index (χ4v) is 1.81. The predicted octanol–water partition coefficient (Wildman–Crippen LogP) is 2.84. The highest BCUT2D eigenvalue weighted by atomic mass is 16.2. The van der Waals surface area contributed by atoms with Gasteiger partial charge in [0.05, 0.1) is 6.26 Å². The zero-order valence-electron chi connectivity index (χ0n) is 8.63. The van der Waals surface area contributed by atoms with Gasteiger partial charge in [0.1, 0.15) is 0 Å². The zero-order chi connectivity index (χ0) is 10.1. The topological polar surface area (TPSA) is 37.3 Å². The van der Waals surface area contributed by atoms with E-state index in [4.69, 9.17) is 5.11 Å². The van der Waals surface area contributed by atoms with Crippen LogP contribution in [0.4, 0.5) is 0 Å². The number of aliphatic hydroxyl groups excluding tert-OH is 1. The Morgan fingerprint density at radius 2 is 2.08 bits per heavy atom. The molecule has 0 heterocycles. The molecule has 0 aromatic rings. The van der Waals surface area contributed by atoms with Crippen LogP contribution in [0.3, 0.4) is 0 Å². The van der Waals surface area contributed by atoms with Crippen LogP contribution < -0.4 is 0 Å². The number of carbonyl (C=O) groups excluding carboxylic acids is 1. The molecular formula is C11H18O2. The van der Waals surface area contributed by atoms with Crippen LogP contribution in [0.1, 0.15) is 40.0 Å². The van der Waals surface area contributed by atoms with Gasteiger partial charge in [0, 0.05) is 12.0 Å². The monoisotopic (exact) mass is 182 g/mol. The molecule has 0 saturated heterocycles. The van der Waals surface area contributed by atoms with Crippen LogP contribution in [-0.2, 0) is 4.79 Å². The van der Waals surface area contributed by atoms with Crippen molar-refractivity contribution >= 4 is 5.78 Å². The first-order valence-corrected chi connectivity index (χ1v) is 4.81. The molecule has 2 heteroatoms. The van der Waals surface area contributed by atoms with E-state index in [1.807, 2.05) is 0 Å². The Morgan fingerprint density at radius 3 is 2.54 bits per heavy atom. The van der Waals surface area contributed by atoms with Gasteiger partial charge >= 0.3 is 0 Å². The van der Waals surface area contributed by atoms with Gasteiger partial charge in [0.2, 0.25) is 0 Å². The van der Waals surface area contributed by atoms with Crippen LogP contribution in [-0.4, -0.2) is 10.9 Å². The summed E-state index contributed by atoms with van der Waals surface area (Å²) < 4.78 is 0. The number of hydrogen-bond donors (Lipinski definition) is 1. The van der Waals surface area contributed by atoms with Crippen LogP contribution in [0.5, 0.6) is 0 Å². The second-order valence-electron chi connectivity index (χ2n) is 4.88. The average Bonchev–Trinajstić information content (AvgIpc) is 2.03. The Balaban J connectivity index is 2.71. The molecule has 0 radical (unpaired) electrons. The van der Waals surface area contributed by atoms with E-state index >= 15 is 0 Å². The molecule has 0 unspecified atom stereocenters. The molecule has 0 amide bonds. The van der Waals surface area contributed by atoms with Crippen LogP contribution in [0.25, 0.3) is 0 Å². The van der Waals surface area contributed by atoms with Crippen molar-refractivity contribution in [2.45, 2.75) is 40.0 Å². The predicted molar refractivity (Wildman–Crippen MR) is 52.5 cm³/mol. The van der Waals surface area contributed by atoms with Crippen molar-refractivity contribution in [2.24, 2.45) is 11.3 Å². The highest BCUT2D eigenvalue weighted by Crippen LogP contribution is 2.38. The summed E-state index contributed by atoms with van der Waals surface area (Å²) in [5.41, 5.74) is 0.834. The van der Waals surface area contributed by atoms with Crippen molar-refractivity contribution in [1.29, 1.82) is 0 Å². The van der Waals surface area contributed by atoms with Crippen molar-refractivity contribution in [3.8, 4) is 0 Å². The highest BCUT2D eigenvalue weighted by molar-refractivity contribution is 5.95. The number of carbonyl (C=O) groups is 1. The summed E-state index contributed by atoms with van der Waals surface area (Å²) in [7, 11) is 0. The third kappa shape index (κ3) is 2.33. The molecule has 0 aliphatic heterocycles. The van der Waals surface area contributed by atoms with Crippen molar-refractivity contribution < 1.29 is 9.90 Å². The molecular weight excluding hydrogens is 164 g/mol.